The fraction of sp³-hybridized carbons (Fsp3) is 0.263. The molecule has 0 spiro atoms. The van der Waals surface area contributed by atoms with Crippen LogP contribution in [0.15, 0.2) is 58.7 Å². The molecule has 26 heavy (non-hydrogen) atoms. The molecule has 1 atom stereocenters. The summed E-state index contributed by atoms with van der Waals surface area (Å²) in [4.78, 5) is 26.5. The Morgan fingerprint density at radius 2 is 1.85 bits per heavy atom. The molecule has 3 rings (SSSR count). The molecule has 1 fully saturated rings. The summed E-state index contributed by atoms with van der Waals surface area (Å²) in [6.07, 6.45) is 0.727. The summed E-state index contributed by atoms with van der Waals surface area (Å²) in [6, 6.07) is 11.0. The summed E-state index contributed by atoms with van der Waals surface area (Å²) in [5.41, 5.74) is 0.416. The van der Waals surface area contributed by atoms with Gasteiger partial charge in [-0.2, -0.15) is 0 Å². The number of ether oxygens (including phenoxy) is 2. The van der Waals surface area contributed by atoms with Crippen molar-refractivity contribution in [3.05, 3.63) is 65.6 Å². The monoisotopic (exact) mass is 357 g/mol. The second-order valence-corrected chi connectivity index (χ2v) is 5.73. The average Bonchev–Trinajstić information content (AvgIpc) is 3.28. The van der Waals surface area contributed by atoms with Crippen LogP contribution in [0, 0.1) is 0 Å². The average molecular weight is 357 g/mol. The van der Waals surface area contributed by atoms with Gasteiger partial charge >= 0.3 is 0 Å². The van der Waals surface area contributed by atoms with Crippen molar-refractivity contribution in [1.29, 1.82) is 0 Å². The van der Waals surface area contributed by atoms with Gasteiger partial charge in [0.05, 0.1) is 18.4 Å². The van der Waals surface area contributed by atoms with E-state index in [0.29, 0.717) is 11.3 Å². The lowest BCUT2D eigenvalue weighted by atomic mass is 9.99. The Morgan fingerprint density at radius 3 is 2.42 bits per heavy atom. The number of amides is 1. The van der Waals surface area contributed by atoms with Crippen LogP contribution < -0.4 is 0 Å². The number of carbonyl (C=O) groups excluding carboxylic acids is 2. The third-order valence-corrected chi connectivity index (χ3v) is 4.27. The lowest BCUT2D eigenvalue weighted by Gasteiger charge is -2.26. The number of Topliss-reactive ketones (excluding diaryl/α,β-unsaturated/α-hetero) is 1. The van der Waals surface area contributed by atoms with Crippen LogP contribution in [-0.2, 0) is 19.1 Å². The van der Waals surface area contributed by atoms with Crippen LogP contribution in [0.1, 0.15) is 17.4 Å². The number of carbonyl (C=O) groups is 2. The van der Waals surface area contributed by atoms with E-state index >= 15 is 0 Å². The van der Waals surface area contributed by atoms with Gasteiger partial charge in [0.2, 0.25) is 0 Å². The predicted molar refractivity (Wildman–Crippen MR) is 92.0 cm³/mol. The van der Waals surface area contributed by atoms with Gasteiger partial charge in [-0.25, -0.2) is 0 Å². The van der Waals surface area contributed by atoms with E-state index in [1.807, 2.05) is 0 Å². The minimum Gasteiger partial charge on any atom is -0.507 e. The Balaban J connectivity index is 2.11. The molecular formula is C19H19NO6. The van der Waals surface area contributed by atoms with Gasteiger partial charge in [0.25, 0.3) is 11.7 Å². The molecule has 2 heterocycles. The van der Waals surface area contributed by atoms with Crippen molar-refractivity contribution >= 4 is 17.4 Å². The number of rotatable bonds is 6. The standard InChI is InChI=1S/C19H19NO6/c1-24-14(25-2)11-20-16(13-9-6-10-26-13)15(18(22)19(20)23)17(21)12-7-4-3-5-8-12/h3-10,14,16,21H,11H2,1-2H3/t16-/m1/s1. The maximum atomic E-state index is 12.7. The number of benzene rings is 1. The molecule has 0 unspecified atom stereocenters. The zero-order valence-corrected chi connectivity index (χ0v) is 14.4. The summed E-state index contributed by atoms with van der Waals surface area (Å²) in [5, 5.41) is 10.7. The van der Waals surface area contributed by atoms with E-state index in [1.165, 1.54) is 25.4 Å². The quantitative estimate of drug-likeness (QED) is 0.369. The highest BCUT2D eigenvalue weighted by Gasteiger charge is 2.48. The lowest BCUT2D eigenvalue weighted by molar-refractivity contribution is -0.149. The third-order valence-electron chi connectivity index (χ3n) is 4.27. The number of aliphatic hydroxyl groups is 1. The summed E-state index contributed by atoms with van der Waals surface area (Å²) in [6.45, 7) is 0.00844. The van der Waals surface area contributed by atoms with Gasteiger partial charge in [0.1, 0.15) is 17.6 Å². The van der Waals surface area contributed by atoms with E-state index in [9.17, 15) is 14.7 Å². The number of nitrogens with zero attached hydrogens (tertiary/aromatic N) is 1. The van der Waals surface area contributed by atoms with E-state index in [2.05, 4.69) is 0 Å². The van der Waals surface area contributed by atoms with E-state index in [0.717, 1.165) is 0 Å². The molecular weight excluding hydrogens is 338 g/mol. The Morgan fingerprint density at radius 1 is 1.15 bits per heavy atom. The summed E-state index contributed by atoms with van der Waals surface area (Å²) < 4.78 is 15.7. The first-order chi connectivity index (χ1) is 12.6. The normalized spacial score (nSPS) is 19.5. The molecule has 1 amide bonds. The molecule has 1 saturated heterocycles. The number of hydrogen-bond donors (Lipinski definition) is 1. The highest BCUT2D eigenvalue weighted by Crippen LogP contribution is 2.39. The van der Waals surface area contributed by atoms with Crippen LogP contribution >= 0.6 is 0 Å². The number of hydrogen-bond acceptors (Lipinski definition) is 6. The first-order valence-electron chi connectivity index (χ1n) is 8.01. The highest BCUT2D eigenvalue weighted by atomic mass is 16.7. The highest BCUT2D eigenvalue weighted by molar-refractivity contribution is 6.46. The number of methoxy groups -OCH3 is 2. The third kappa shape index (κ3) is 3.14. The molecule has 136 valence electrons. The van der Waals surface area contributed by atoms with Crippen LogP contribution in [0.3, 0.4) is 0 Å². The minimum absolute atomic E-state index is 0.00844. The zero-order valence-electron chi connectivity index (χ0n) is 14.4. The molecule has 1 aromatic carbocycles. The Kier molecular flexibility index (Phi) is 5.20. The molecule has 7 heteroatoms. The van der Waals surface area contributed by atoms with Crippen molar-refractivity contribution in [2.45, 2.75) is 12.3 Å². The number of aliphatic hydroxyl groups excluding tert-OH is 1. The molecule has 1 N–H and O–H groups in total. The van der Waals surface area contributed by atoms with Crippen molar-refractivity contribution in [3.63, 3.8) is 0 Å². The SMILES string of the molecule is COC(CN1C(=O)C(=O)C(=C(O)c2ccccc2)[C@H]1c1ccco1)OC. The fourth-order valence-corrected chi connectivity index (χ4v) is 2.97. The molecule has 1 aromatic heterocycles. The predicted octanol–water partition coefficient (Wildman–Crippen LogP) is 2.32. The minimum atomic E-state index is -0.863. The first kappa shape index (κ1) is 17.9. The maximum absolute atomic E-state index is 12.7. The molecule has 0 bridgehead atoms. The Bertz CT molecular complexity index is 808. The van der Waals surface area contributed by atoms with Crippen LogP contribution in [0.4, 0.5) is 0 Å². The van der Waals surface area contributed by atoms with Crippen LogP contribution in [0.25, 0.3) is 5.76 Å². The Labute approximate surface area is 150 Å². The van der Waals surface area contributed by atoms with Crippen LogP contribution in [0.2, 0.25) is 0 Å². The van der Waals surface area contributed by atoms with Crippen LogP contribution in [-0.4, -0.2) is 48.8 Å². The second kappa shape index (κ2) is 7.55. The first-order valence-corrected chi connectivity index (χ1v) is 8.01. The van der Waals surface area contributed by atoms with E-state index < -0.39 is 24.0 Å². The number of ketones is 1. The van der Waals surface area contributed by atoms with Gasteiger partial charge in [0.15, 0.2) is 6.29 Å². The van der Waals surface area contributed by atoms with Crippen molar-refractivity contribution < 1.29 is 28.6 Å². The number of furan rings is 1. The van der Waals surface area contributed by atoms with E-state index in [1.54, 1.807) is 42.5 Å². The molecule has 0 aliphatic carbocycles. The van der Waals surface area contributed by atoms with Crippen molar-refractivity contribution in [3.8, 4) is 0 Å². The van der Waals surface area contributed by atoms with Crippen molar-refractivity contribution in [1.82, 2.24) is 4.90 Å². The number of likely N-dealkylation sites (tertiary alicyclic amines) is 1. The summed E-state index contributed by atoms with van der Waals surface area (Å²) in [7, 11) is 2.88. The van der Waals surface area contributed by atoms with Gasteiger partial charge in [-0.05, 0) is 12.1 Å². The molecule has 7 nitrogen and oxygen atoms in total. The Hall–Kier alpha value is -2.90. The molecule has 2 aromatic rings. The maximum Gasteiger partial charge on any atom is 0.295 e. The second-order valence-electron chi connectivity index (χ2n) is 5.73. The van der Waals surface area contributed by atoms with Crippen molar-refractivity contribution in [2.75, 3.05) is 20.8 Å². The van der Waals surface area contributed by atoms with Gasteiger partial charge in [-0.15, -0.1) is 0 Å². The summed E-state index contributed by atoms with van der Waals surface area (Å²) in [5.74, 6) is -1.41. The lowest BCUT2D eigenvalue weighted by Crippen LogP contribution is -2.38. The van der Waals surface area contributed by atoms with E-state index in [4.69, 9.17) is 13.9 Å². The molecule has 1 aliphatic rings. The molecule has 0 saturated carbocycles. The van der Waals surface area contributed by atoms with Crippen molar-refractivity contribution in [2.24, 2.45) is 0 Å². The van der Waals surface area contributed by atoms with E-state index in [-0.39, 0.29) is 17.9 Å². The largest absolute Gasteiger partial charge is 0.507 e. The van der Waals surface area contributed by atoms with Crippen LogP contribution in [0.5, 0.6) is 0 Å². The topological polar surface area (TPSA) is 89.2 Å². The van der Waals surface area contributed by atoms with Gasteiger partial charge < -0.3 is 23.9 Å². The molecule has 1 aliphatic heterocycles. The zero-order chi connectivity index (χ0) is 18.7. The van der Waals surface area contributed by atoms with Gasteiger partial charge in [-0.1, -0.05) is 30.3 Å². The fourth-order valence-electron chi connectivity index (χ4n) is 2.97. The summed E-state index contributed by atoms with van der Waals surface area (Å²) >= 11 is 0. The smallest absolute Gasteiger partial charge is 0.295 e. The van der Waals surface area contributed by atoms with Gasteiger partial charge in [-0.3, -0.25) is 9.59 Å². The van der Waals surface area contributed by atoms with Gasteiger partial charge in [0, 0.05) is 19.8 Å². The molecule has 0 radical (unpaired) electrons.